The van der Waals surface area contributed by atoms with Crippen LogP contribution in [0.4, 0.5) is 0 Å². The first kappa shape index (κ1) is 11.4. The Morgan fingerprint density at radius 2 is 2.33 bits per heavy atom. The molecule has 4 heteroatoms. The summed E-state index contributed by atoms with van der Waals surface area (Å²) < 4.78 is 10.5. The molecule has 2 aliphatic rings. The molecular formula is C14H16O4. The van der Waals surface area contributed by atoms with Crippen molar-refractivity contribution in [3.8, 4) is 11.5 Å². The lowest BCUT2D eigenvalue weighted by molar-refractivity contribution is -0.143. The van der Waals surface area contributed by atoms with Crippen molar-refractivity contribution < 1.29 is 19.4 Å². The third-order valence-corrected chi connectivity index (χ3v) is 4.45. The smallest absolute Gasteiger partial charge is 0.309 e. The number of esters is 1. The van der Waals surface area contributed by atoms with Crippen LogP contribution in [0.25, 0.3) is 0 Å². The molecule has 3 atom stereocenters. The van der Waals surface area contributed by atoms with E-state index in [0.29, 0.717) is 6.61 Å². The predicted molar refractivity (Wildman–Crippen MR) is 64.6 cm³/mol. The molecule has 0 amide bonds. The van der Waals surface area contributed by atoms with Crippen LogP contribution in [0.15, 0.2) is 18.2 Å². The zero-order chi connectivity index (χ0) is 12.9. The topological polar surface area (TPSA) is 55.8 Å². The van der Waals surface area contributed by atoms with Gasteiger partial charge >= 0.3 is 5.97 Å². The van der Waals surface area contributed by atoms with Gasteiger partial charge in [0.05, 0.1) is 19.6 Å². The van der Waals surface area contributed by atoms with E-state index in [-0.39, 0.29) is 29.0 Å². The molecule has 1 heterocycles. The molecular weight excluding hydrogens is 232 g/mol. The molecule has 1 aromatic carbocycles. The van der Waals surface area contributed by atoms with Gasteiger partial charge in [0.25, 0.3) is 0 Å². The standard InChI is InChI=1S/C14H16O4/c1-8-12(13(16)17-2)14(8)5-6-18-11-4-3-9(15)7-10(11)14/h3-4,7-8,12,15H,5-6H2,1-2H3. The fourth-order valence-corrected chi connectivity index (χ4v) is 3.44. The second-order valence-electron chi connectivity index (χ2n) is 5.11. The van der Waals surface area contributed by atoms with E-state index in [1.807, 2.05) is 0 Å². The molecule has 0 bridgehead atoms. The summed E-state index contributed by atoms with van der Waals surface area (Å²) >= 11 is 0. The molecule has 3 rings (SSSR count). The van der Waals surface area contributed by atoms with E-state index in [1.54, 1.807) is 18.2 Å². The van der Waals surface area contributed by atoms with Crippen LogP contribution in [0.5, 0.6) is 11.5 Å². The quantitative estimate of drug-likeness (QED) is 0.771. The van der Waals surface area contributed by atoms with Gasteiger partial charge in [0, 0.05) is 11.0 Å². The van der Waals surface area contributed by atoms with E-state index in [2.05, 4.69) is 6.92 Å². The maximum absolute atomic E-state index is 11.8. The number of aromatic hydroxyl groups is 1. The van der Waals surface area contributed by atoms with Crippen LogP contribution in [0.1, 0.15) is 18.9 Å². The highest BCUT2D eigenvalue weighted by molar-refractivity contribution is 5.80. The van der Waals surface area contributed by atoms with Crippen molar-refractivity contribution in [1.29, 1.82) is 0 Å². The number of ether oxygens (including phenoxy) is 2. The number of hydrogen-bond donors (Lipinski definition) is 1. The lowest BCUT2D eigenvalue weighted by atomic mass is 9.86. The average Bonchev–Trinajstić information content (AvgIpc) is 2.95. The average molecular weight is 248 g/mol. The van der Waals surface area contributed by atoms with Gasteiger partial charge in [-0.3, -0.25) is 4.79 Å². The summed E-state index contributed by atoms with van der Waals surface area (Å²) in [5.41, 5.74) is 0.732. The first-order valence-electron chi connectivity index (χ1n) is 6.15. The minimum atomic E-state index is -0.209. The number of rotatable bonds is 1. The predicted octanol–water partition coefficient (Wildman–Crippen LogP) is 1.85. The molecule has 4 nitrogen and oxygen atoms in total. The van der Waals surface area contributed by atoms with Crippen molar-refractivity contribution >= 4 is 5.97 Å². The number of fused-ring (bicyclic) bond motifs is 2. The van der Waals surface area contributed by atoms with E-state index in [1.165, 1.54) is 7.11 Å². The molecule has 1 spiro atoms. The second-order valence-corrected chi connectivity index (χ2v) is 5.11. The Labute approximate surface area is 106 Å². The van der Waals surface area contributed by atoms with E-state index in [4.69, 9.17) is 9.47 Å². The van der Waals surface area contributed by atoms with E-state index < -0.39 is 0 Å². The van der Waals surface area contributed by atoms with Crippen LogP contribution >= 0.6 is 0 Å². The largest absolute Gasteiger partial charge is 0.508 e. The van der Waals surface area contributed by atoms with Gasteiger partial charge in [0.1, 0.15) is 11.5 Å². The molecule has 1 aliphatic carbocycles. The van der Waals surface area contributed by atoms with Gasteiger partial charge < -0.3 is 14.6 Å². The SMILES string of the molecule is COC(=O)C1C(C)C12CCOc1ccc(O)cc12. The summed E-state index contributed by atoms with van der Waals surface area (Å²) in [6.07, 6.45) is 0.796. The molecule has 1 aliphatic heterocycles. The second kappa shape index (κ2) is 3.64. The zero-order valence-electron chi connectivity index (χ0n) is 10.5. The first-order valence-corrected chi connectivity index (χ1v) is 6.15. The van der Waals surface area contributed by atoms with Crippen molar-refractivity contribution in [3.05, 3.63) is 23.8 Å². The fourth-order valence-electron chi connectivity index (χ4n) is 3.44. The van der Waals surface area contributed by atoms with Gasteiger partial charge in [-0.05, 0) is 30.5 Å². The fraction of sp³-hybridized carbons (Fsp3) is 0.500. The molecule has 96 valence electrons. The van der Waals surface area contributed by atoms with Gasteiger partial charge in [-0.2, -0.15) is 0 Å². The molecule has 0 radical (unpaired) electrons. The highest BCUT2D eigenvalue weighted by Gasteiger charge is 2.68. The van der Waals surface area contributed by atoms with Crippen molar-refractivity contribution in [2.75, 3.05) is 13.7 Å². The first-order chi connectivity index (χ1) is 8.61. The summed E-state index contributed by atoms with van der Waals surface area (Å²) in [4.78, 5) is 11.8. The number of phenolic OH excluding ortho intramolecular Hbond substituents is 1. The zero-order valence-corrected chi connectivity index (χ0v) is 10.5. The van der Waals surface area contributed by atoms with Crippen LogP contribution < -0.4 is 4.74 Å². The molecule has 3 unspecified atom stereocenters. The summed E-state index contributed by atoms with van der Waals surface area (Å²) in [5.74, 6) is 0.929. The maximum atomic E-state index is 11.8. The van der Waals surface area contributed by atoms with Crippen molar-refractivity contribution in [1.82, 2.24) is 0 Å². The van der Waals surface area contributed by atoms with Crippen LogP contribution in [-0.2, 0) is 14.9 Å². The number of methoxy groups -OCH3 is 1. The lowest BCUT2D eigenvalue weighted by Crippen LogP contribution is -2.25. The van der Waals surface area contributed by atoms with Crippen LogP contribution in [0.2, 0.25) is 0 Å². The number of hydrogen-bond acceptors (Lipinski definition) is 4. The minimum absolute atomic E-state index is 0.119. The maximum Gasteiger partial charge on any atom is 0.309 e. The Hall–Kier alpha value is -1.71. The highest BCUT2D eigenvalue weighted by atomic mass is 16.5. The van der Waals surface area contributed by atoms with Crippen LogP contribution in [0.3, 0.4) is 0 Å². The third-order valence-electron chi connectivity index (χ3n) is 4.45. The summed E-state index contributed by atoms with van der Waals surface area (Å²) in [6, 6.07) is 5.09. The lowest BCUT2D eigenvalue weighted by Gasteiger charge is -2.27. The number of phenols is 1. The third kappa shape index (κ3) is 1.29. The Kier molecular flexibility index (Phi) is 2.30. The van der Waals surface area contributed by atoms with Crippen LogP contribution in [0, 0.1) is 11.8 Å². The molecule has 0 saturated heterocycles. The molecule has 1 fully saturated rings. The highest BCUT2D eigenvalue weighted by Crippen LogP contribution is 2.65. The molecule has 0 aromatic heterocycles. The summed E-state index contributed by atoms with van der Waals surface area (Å²) in [7, 11) is 1.42. The number of carbonyl (C=O) groups is 1. The Morgan fingerprint density at radius 1 is 1.56 bits per heavy atom. The van der Waals surface area contributed by atoms with Crippen molar-refractivity contribution in [2.45, 2.75) is 18.8 Å². The summed E-state index contributed by atoms with van der Waals surface area (Å²) in [5, 5.41) is 9.64. The van der Waals surface area contributed by atoms with E-state index >= 15 is 0 Å². The molecule has 18 heavy (non-hydrogen) atoms. The normalized spacial score (nSPS) is 32.6. The van der Waals surface area contributed by atoms with E-state index in [0.717, 1.165) is 17.7 Å². The molecule has 1 N–H and O–H groups in total. The Morgan fingerprint density at radius 3 is 3.06 bits per heavy atom. The minimum Gasteiger partial charge on any atom is -0.508 e. The van der Waals surface area contributed by atoms with Gasteiger partial charge in [0.15, 0.2) is 0 Å². The van der Waals surface area contributed by atoms with Gasteiger partial charge in [-0.1, -0.05) is 6.92 Å². The van der Waals surface area contributed by atoms with Crippen molar-refractivity contribution in [3.63, 3.8) is 0 Å². The van der Waals surface area contributed by atoms with E-state index in [9.17, 15) is 9.90 Å². The van der Waals surface area contributed by atoms with Crippen LogP contribution in [-0.4, -0.2) is 24.8 Å². The number of benzene rings is 1. The summed E-state index contributed by atoms with van der Waals surface area (Å²) in [6.45, 7) is 2.66. The number of carbonyl (C=O) groups excluding carboxylic acids is 1. The Balaban J connectivity index is 2.07. The monoisotopic (exact) mass is 248 g/mol. The van der Waals surface area contributed by atoms with Crippen molar-refractivity contribution in [2.24, 2.45) is 11.8 Å². The van der Waals surface area contributed by atoms with Gasteiger partial charge in [-0.25, -0.2) is 0 Å². The molecule has 1 saturated carbocycles. The van der Waals surface area contributed by atoms with Gasteiger partial charge in [0.2, 0.25) is 0 Å². The Bertz CT molecular complexity index is 511. The molecule has 1 aromatic rings. The van der Waals surface area contributed by atoms with Gasteiger partial charge in [-0.15, -0.1) is 0 Å².